The number of nitrogens with one attached hydrogen (secondary N) is 2. The zero-order valence-electron chi connectivity index (χ0n) is 32.4. The number of nitrogens with zero attached hydrogens (tertiary/aromatic N) is 2. The highest BCUT2D eigenvalue weighted by Crippen LogP contribution is 2.49. The third kappa shape index (κ3) is 7.23. The van der Waals surface area contributed by atoms with E-state index in [1.54, 1.807) is 12.1 Å². The molecule has 5 aliphatic heterocycles. The summed E-state index contributed by atoms with van der Waals surface area (Å²) in [5, 5.41) is 4.89. The van der Waals surface area contributed by atoms with Crippen molar-refractivity contribution in [2.24, 2.45) is 0 Å². The van der Waals surface area contributed by atoms with Gasteiger partial charge in [0, 0.05) is 89.2 Å². The fourth-order valence-corrected chi connectivity index (χ4v) is 11.7. The summed E-state index contributed by atoms with van der Waals surface area (Å²) in [5.74, 6) is 1.65. The van der Waals surface area contributed by atoms with Crippen LogP contribution in [0.3, 0.4) is 0 Å². The summed E-state index contributed by atoms with van der Waals surface area (Å²) in [4.78, 5) is 14.2. The third-order valence-electron chi connectivity index (χ3n) is 12.3. The number of ether oxygens (including phenoxy) is 1. The van der Waals surface area contributed by atoms with E-state index in [1.165, 1.54) is 34.3 Å². The van der Waals surface area contributed by atoms with Crippen molar-refractivity contribution in [2.75, 3.05) is 44.2 Å². The molecule has 0 saturated carbocycles. The molecule has 11 nitrogen and oxygen atoms in total. The second-order valence-electron chi connectivity index (χ2n) is 16.0. The van der Waals surface area contributed by atoms with Crippen molar-refractivity contribution in [1.82, 2.24) is 14.6 Å². The molecule has 0 fully saturated rings. The Labute approximate surface area is 344 Å². The molecule has 0 saturated heterocycles. The molecule has 0 bridgehead atoms. The van der Waals surface area contributed by atoms with Gasteiger partial charge in [-0.3, -0.25) is 9.35 Å². The van der Waals surface area contributed by atoms with Crippen LogP contribution in [0, 0.1) is 0 Å². The lowest BCUT2D eigenvalue weighted by Gasteiger charge is -2.39. The van der Waals surface area contributed by atoms with Crippen molar-refractivity contribution in [1.29, 1.82) is 0 Å². The third-order valence-corrected chi connectivity index (χ3v) is 15.0. The Kier molecular flexibility index (Phi) is 10.6. The van der Waals surface area contributed by atoms with E-state index in [1.807, 2.05) is 12.1 Å². The number of aryl methyl sites for hydroxylation is 2. The number of carbonyl (C=O) groups excluding carboxylic acids is 1. The first-order chi connectivity index (χ1) is 28.0. The molecule has 3 N–H and O–H groups in total. The molecule has 5 heterocycles. The van der Waals surface area contributed by atoms with Crippen LogP contribution in [0.5, 0.6) is 11.5 Å². The summed E-state index contributed by atoms with van der Waals surface area (Å²) in [7, 11) is -9.06. The van der Waals surface area contributed by atoms with E-state index in [0.717, 1.165) is 123 Å². The maximum atomic E-state index is 13.6. The Morgan fingerprint density at radius 2 is 1.52 bits per heavy atom. The Balaban J connectivity index is 1.04. The number of hydrogen-bond donors (Lipinski definition) is 3. The summed E-state index contributed by atoms with van der Waals surface area (Å²) in [5.41, 5.74) is 9.04. The van der Waals surface area contributed by atoms with Crippen molar-refractivity contribution in [3.63, 3.8) is 0 Å². The van der Waals surface area contributed by atoms with Crippen molar-refractivity contribution < 1.29 is 30.9 Å². The molecule has 14 heteroatoms. The Bertz CT molecular complexity index is 2690. The molecule has 4 aromatic rings. The highest BCUT2D eigenvalue weighted by atomic mass is 35.5. The van der Waals surface area contributed by atoms with Gasteiger partial charge in [-0.2, -0.15) is 8.42 Å². The predicted molar refractivity (Wildman–Crippen MR) is 224 cm³/mol. The summed E-state index contributed by atoms with van der Waals surface area (Å²) < 4.78 is 77.1. The summed E-state index contributed by atoms with van der Waals surface area (Å²) >= 11 is 5.84. The number of hydrogen-bond acceptors (Lipinski definition) is 7. The highest BCUT2D eigenvalue weighted by molar-refractivity contribution is 7.89. The number of sulfonamides is 1. The first-order valence-electron chi connectivity index (χ1n) is 20.5. The number of alkyl halides is 1. The molecule has 1 amide bonds. The van der Waals surface area contributed by atoms with Crippen LogP contribution in [0.1, 0.15) is 94.2 Å². The predicted octanol–water partition coefficient (Wildman–Crippen LogP) is 4.99. The van der Waals surface area contributed by atoms with Crippen molar-refractivity contribution >= 4 is 48.9 Å². The Morgan fingerprint density at radius 3 is 2.29 bits per heavy atom. The number of carbonyl (C=O) groups is 1. The molecule has 0 radical (unpaired) electrons. The van der Waals surface area contributed by atoms with Gasteiger partial charge in [0.2, 0.25) is 15.4 Å². The smallest absolute Gasteiger partial charge is 0.295 e. The van der Waals surface area contributed by atoms with E-state index in [-0.39, 0.29) is 22.9 Å². The van der Waals surface area contributed by atoms with E-state index in [0.29, 0.717) is 42.8 Å². The highest BCUT2D eigenvalue weighted by Gasteiger charge is 2.37. The molecule has 0 aromatic heterocycles. The Hall–Kier alpha value is -4.27. The average Bonchev–Trinajstić information content (AvgIpc) is 3.22. The summed E-state index contributed by atoms with van der Waals surface area (Å²) in [6, 6.07) is 15.4. The number of rotatable bonds is 12. The molecule has 5 aliphatic rings. The van der Waals surface area contributed by atoms with E-state index in [9.17, 15) is 26.2 Å². The number of amides is 1. The number of halogens is 1. The maximum absolute atomic E-state index is 13.6. The number of anilines is 1. The molecular formula is C44H48ClN4O7S2+. The van der Waals surface area contributed by atoms with Gasteiger partial charge in [0.25, 0.3) is 16.0 Å². The van der Waals surface area contributed by atoms with E-state index in [2.05, 4.69) is 31.6 Å². The zero-order valence-corrected chi connectivity index (χ0v) is 34.8. The van der Waals surface area contributed by atoms with Crippen LogP contribution in [0.2, 0.25) is 0 Å². The monoisotopic (exact) mass is 843 g/mol. The molecule has 9 rings (SSSR count). The van der Waals surface area contributed by atoms with E-state index < -0.39 is 25.0 Å². The zero-order chi connectivity index (χ0) is 40.2. The van der Waals surface area contributed by atoms with Gasteiger partial charge >= 0.3 is 0 Å². The molecule has 0 atom stereocenters. The van der Waals surface area contributed by atoms with Gasteiger partial charge in [0.1, 0.15) is 29.5 Å². The van der Waals surface area contributed by atoms with Gasteiger partial charge in [-0.1, -0.05) is 24.6 Å². The van der Waals surface area contributed by atoms with Crippen LogP contribution < -0.4 is 34.8 Å². The average molecular weight is 844 g/mol. The number of benzene rings is 4. The minimum Gasteiger partial charge on any atom is -0.455 e. The minimum absolute atomic E-state index is 0.115. The van der Waals surface area contributed by atoms with Crippen molar-refractivity contribution in [2.45, 2.75) is 86.3 Å². The van der Waals surface area contributed by atoms with Crippen molar-refractivity contribution in [3.05, 3.63) is 110 Å². The fraction of sp³-hybridized carbons (Fsp3) is 0.409. The number of fused-ring (bicyclic) bond motifs is 4. The second kappa shape index (κ2) is 15.7. The molecule has 0 unspecified atom stereocenters. The van der Waals surface area contributed by atoms with E-state index in [4.69, 9.17) is 16.3 Å². The lowest BCUT2D eigenvalue weighted by Crippen LogP contribution is -2.45. The van der Waals surface area contributed by atoms with Crippen LogP contribution in [-0.4, -0.2) is 66.6 Å². The largest absolute Gasteiger partial charge is 0.455 e. The minimum atomic E-state index is -4.91. The summed E-state index contributed by atoms with van der Waals surface area (Å²) in [6.45, 7) is 4.49. The van der Waals surface area contributed by atoms with Crippen LogP contribution in [0.25, 0.3) is 5.57 Å². The van der Waals surface area contributed by atoms with Crippen LogP contribution in [0.4, 0.5) is 5.69 Å². The van der Waals surface area contributed by atoms with Crippen molar-refractivity contribution in [3.8, 4) is 11.5 Å². The lowest BCUT2D eigenvalue weighted by molar-refractivity contribution is 0.0953. The van der Waals surface area contributed by atoms with Gasteiger partial charge in [0.05, 0.1) is 10.5 Å². The second-order valence-corrected chi connectivity index (χ2v) is 19.4. The topological polar surface area (TPSA) is 145 Å². The molecule has 0 aliphatic carbocycles. The molecule has 58 heavy (non-hydrogen) atoms. The SMILES string of the molecule is O=C(NCCCCCNS(=O)(=O)c1ccc(C2=c3cc4c5c(c3Oc3c2cc2c6c3CCCN6CCC2)CCC[N+]=5CCC4)c(S(=O)(=O)O)c1)c1ccc(CCl)cc1. The number of unbranched alkanes of at least 4 members (excludes halogenated alkanes) is 2. The molecule has 0 spiro atoms. The van der Waals surface area contributed by atoms with Gasteiger partial charge in [-0.15, -0.1) is 11.6 Å². The van der Waals surface area contributed by atoms with Crippen LogP contribution in [0.15, 0.2) is 64.4 Å². The molecule has 304 valence electrons. The van der Waals surface area contributed by atoms with E-state index >= 15 is 0 Å². The van der Waals surface area contributed by atoms with Gasteiger partial charge in [0.15, 0.2) is 0 Å². The van der Waals surface area contributed by atoms with Gasteiger partial charge in [-0.05, 0) is 98.9 Å². The van der Waals surface area contributed by atoms with Gasteiger partial charge in [-0.25, -0.2) is 17.7 Å². The molecular weight excluding hydrogens is 796 g/mol. The first kappa shape index (κ1) is 39.2. The maximum Gasteiger partial charge on any atom is 0.295 e. The summed E-state index contributed by atoms with van der Waals surface area (Å²) in [6.07, 6.45) is 9.25. The van der Waals surface area contributed by atoms with Crippen LogP contribution in [-0.2, 0) is 51.7 Å². The van der Waals surface area contributed by atoms with Gasteiger partial charge < -0.3 is 15.0 Å². The quantitative estimate of drug-likeness (QED) is 0.0691. The normalized spacial score (nSPS) is 16.8. The Morgan fingerprint density at radius 1 is 0.793 bits per heavy atom. The van der Waals surface area contributed by atoms with Crippen LogP contribution >= 0.6 is 11.6 Å². The molecule has 4 aromatic carbocycles. The standard InChI is InChI=1S/C44H47ClN4O7S2/c45-27-28-12-14-29(15-13-28)44(50)46-18-2-1-3-19-47-57(51,52)32-16-17-33(38(26-32)58(53,54)55)39-36-24-30-8-4-20-48-22-6-10-34(40(30)48)42(36)56-43-35-11-7-23-49-21-5-9-31(41(35)49)25-37(39)43/h12-17,24-26,47H,1-11,18-23,27H2,(H-,46,50,53,54,55)/p+1. The fourth-order valence-electron chi connectivity index (χ4n) is 9.66. The first-order valence-corrected chi connectivity index (χ1v) is 24.0. The lowest BCUT2D eigenvalue weighted by atomic mass is 9.82.